The van der Waals surface area contributed by atoms with Crippen molar-refractivity contribution < 1.29 is 13.6 Å². The second kappa shape index (κ2) is 5.39. The summed E-state index contributed by atoms with van der Waals surface area (Å²) in [5.74, 6) is -1.75. The Balaban J connectivity index is 1.99. The van der Waals surface area contributed by atoms with Crippen LogP contribution in [0.3, 0.4) is 0 Å². The summed E-state index contributed by atoms with van der Waals surface area (Å²) in [6.07, 6.45) is 0.409. The molecule has 6 heteroatoms. The number of nitrogens with one attached hydrogen (secondary N) is 1. The summed E-state index contributed by atoms with van der Waals surface area (Å²) in [5.41, 5.74) is 1.15. The predicted molar refractivity (Wildman–Crippen MR) is 68.7 cm³/mol. The summed E-state index contributed by atoms with van der Waals surface area (Å²) in [4.78, 5) is 5.87. The van der Waals surface area contributed by atoms with Crippen LogP contribution in [0, 0.1) is 11.6 Å². The third-order valence-electron chi connectivity index (χ3n) is 2.56. The van der Waals surface area contributed by atoms with Gasteiger partial charge in [0.05, 0.1) is 17.2 Å². The molecular formula is C12H12F2N2OS. The van der Waals surface area contributed by atoms with Crippen LogP contribution < -0.4 is 5.32 Å². The van der Waals surface area contributed by atoms with Crippen LogP contribution in [0.5, 0.6) is 0 Å². The van der Waals surface area contributed by atoms with Gasteiger partial charge in [0.15, 0.2) is 11.6 Å². The van der Waals surface area contributed by atoms with Crippen molar-refractivity contribution in [2.24, 2.45) is 5.16 Å². The molecule has 0 spiro atoms. The lowest BCUT2D eigenvalue weighted by atomic mass is 10.0. The minimum atomic E-state index is -0.883. The molecule has 18 heavy (non-hydrogen) atoms. The van der Waals surface area contributed by atoms with Gasteiger partial charge in [-0.05, 0) is 25.1 Å². The van der Waals surface area contributed by atoms with E-state index in [0.717, 1.165) is 12.1 Å². The molecule has 0 fully saturated rings. The molecule has 1 aromatic rings. The molecule has 0 saturated heterocycles. The van der Waals surface area contributed by atoms with Gasteiger partial charge in [0.2, 0.25) is 0 Å². The fraction of sp³-hybridized carbons (Fsp3) is 0.333. The summed E-state index contributed by atoms with van der Waals surface area (Å²) < 4.78 is 25.9. The number of nitrogens with zero attached hydrogens (tertiary/aromatic N) is 1. The highest BCUT2D eigenvalue weighted by Crippen LogP contribution is 2.18. The highest BCUT2D eigenvalue weighted by Gasteiger charge is 2.22. The minimum Gasteiger partial charge on any atom is -0.390 e. The normalized spacial score (nSPS) is 18.2. The van der Waals surface area contributed by atoms with E-state index in [4.69, 9.17) is 17.1 Å². The SMILES string of the molecule is CC(=S)NCC1CC(c2ccc(F)c(F)c2)=NO1. The Kier molecular flexibility index (Phi) is 3.86. The van der Waals surface area contributed by atoms with Gasteiger partial charge in [-0.15, -0.1) is 0 Å². The first-order chi connectivity index (χ1) is 8.56. The third kappa shape index (κ3) is 3.01. The van der Waals surface area contributed by atoms with E-state index >= 15 is 0 Å². The molecule has 1 N–H and O–H groups in total. The number of halogens is 2. The number of hydrogen-bond donors (Lipinski definition) is 1. The van der Waals surface area contributed by atoms with Crippen LogP contribution in [0.15, 0.2) is 23.4 Å². The van der Waals surface area contributed by atoms with Gasteiger partial charge in [0, 0.05) is 12.0 Å². The first-order valence-corrected chi connectivity index (χ1v) is 5.89. The molecule has 1 atom stereocenters. The zero-order valence-electron chi connectivity index (χ0n) is 9.74. The fourth-order valence-corrected chi connectivity index (χ4v) is 1.72. The molecule has 2 rings (SSSR count). The van der Waals surface area contributed by atoms with Crippen LogP contribution in [0.1, 0.15) is 18.9 Å². The first kappa shape index (κ1) is 12.9. The Morgan fingerprint density at radius 3 is 2.94 bits per heavy atom. The van der Waals surface area contributed by atoms with Crippen molar-refractivity contribution in [2.75, 3.05) is 6.54 Å². The smallest absolute Gasteiger partial charge is 0.159 e. The van der Waals surface area contributed by atoms with Crippen molar-refractivity contribution in [3.05, 3.63) is 35.4 Å². The highest BCUT2D eigenvalue weighted by atomic mass is 32.1. The van der Waals surface area contributed by atoms with Gasteiger partial charge < -0.3 is 10.2 Å². The molecule has 0 aromatic heterocycles. The quantitative estimate of drug-likeness (QED) is 0.856. The molecule has 1 aliphatic heterocycles. The monoisotopic (exact) mass is 270 g/mol. The average Bonchev–Trinajstić information content (AvgIpc) is 2.79. The van der Waals surface area contributed by atoms with E-state index in [1.54, 1.807) is 6.92 Å². The molecule has 96 valence electrons. The van der Waals surface area contributed by atoms with E-state index in [2.05, 4.69) is 10.5 Å². The molecule has 3 nitrogen and oxygen atoms in total. The van der Waals surface area contributed by atoms with E-state index in [9.17, 15) is 8.78 Å². The molecule has 0 saturated carbocycles. The lowest BCUT2D eigenvalue weighted by molar-refractivity contribution is 0.0887. The maximum Gasteiger partial charge on any atom is 0.159 e. The molecule has 0 aliphatic carbocycles. The Labute approximate surface area is 109 Å². The van der Waals surface area contributed by atoms with Crippen LogP contribution in [0.25, 0.3) is 0 Å². The van der Waals surface area contributed by atoms with Gasteiger partial charge in [-0.3, -0.25) is 0 Å². The van der Waals surface area contributed by atoms with Crippen LogP contribution >= 0.6 is 12.2 Å². The van der Waals surface area contributed by atoms with Crippen LogP contribution in [-0.2, 0) is 4.84 Å². The molecule has 0 bridgehead atoms. The van der Waals surface area contributed by atoms with E-state index in [0.29, 0.717) is 29.2 Å². The van der Waals surface area contributed by atoms with E-state index in [1.807, 2.05) is 0 Å². The summed E-state index contributed by atoms with van der Waals surface area (Å²) in [7, 11) is 0. The van der Waals surface area contributed by atoms with Gasteiger partial charge in [-0.25, -0.2) is 8.78 Å². The Morgan fingerprint density at radius 1 is 1.50 bits per heavy atom. The molecule has 1 aromatic carbocycles. The van der Waals surface area contributed by atoms with Crippen LogP contribution in [0.2, 0.25) is 0 Å². The average molecular weight is 270 g/mol. The minimum absolute atomic E-state index is 0.133. The topological polar surface area (TPSA) is 33.6 Å². The van der Waals surface area contributed by atoms with Crippen molar-refractivity contribution in [1.29, 1.82) is 0 Å². The van der Waals surface area contributed by atoms with Gasteiger partial charge in [-0.1, -0.05) is 17.4 Å². The van der Waals surface area contributed by atoms with E-state index in [-0.39, 0.29) is 6.10 Å². The Morgan fingerprint density at radius 2 is 2.28 bits per heavy atom. The fourth-order valence-electron chi connectivity index (χ4n) is 1.64. The van der Waals surface area contributed by atoms with E-state index in [1.165, 1.54) is 6.07 Å². The van der Waals surface area contributed by atoms with Crippen molar-refractivity contribution in [3.8, 4) is 0 Å². The molecule has 1 heterocycles. The standard InChI is InChI=1S/C12H12F2N2OS/c1-7(18)15-6-9-5-12(16-17-9)8-2-3-10(13)11(14)4-8/h2-4,9H,5-6H2,1H3,(H,15,18). The molecule has 0 radical (unpaired) electrons. The van der Waals surface area contributed by atoms with Gasteiger partial charge >= 0.3 is 0 Å². The predicted octanol–water partition coefficient (Wildman–Crippen LogP) is 2.39. The van der Waals surface area contributed by atoms with Gasteiger partial charge in [0.25, 0.3) is 0 Å². The largest absolute Gasteiger partial charge is 0.390 e. The third-order valence-corrected chi connectivity index (χ3v) is 2.71. The van der Waals surface area contributed by atoms with Gasteiger partial charge in [-0.2, -0.15) is 0 Å². The summed E-state index contributed by atoms with van der Waals surface area (Å²) in [6, 6.07) is 3.69. The second-order valence-corrected chi connectivity index (χ2v) is 4.65. The lowest BCUT2D eigenvalue weighted by Crippen LogP contribution is -2.29. The number of hydrogen-bond acceptors (Lipinski definition) is 3. The van der Waals surface area contributed by atoms with Crippen LogP contribution in [0.4, 0.5) is 8.78 Å². The second-order valence-electron chi connectivity index (χ2n) is 4.04. The number of benzene rings is 1. The van der Waals surface area contributed by atoms with Crippen molar-refractivity contribution >= 4 is 22.9 Å². The Hall–Kier alpha value is -1.56. The molecule has 1 aliphatic rings. The Bertz CT molecular complexity index is 505. The number of thiocarbonyl (C=S) groups is 1. The molecule has 1 unspecified atom stereocenters. The zero-order valence-corrected chi connectivity index (χ0v) is 10.6. The summed E-state index contributed by atoms with van der Waals surface area (Å²) in [5, 5.41) is 6.86. The van der Waals surface area contributed by atoms with Gasteiger partial charge in [0.1, 0.15) is 6.10 Å². The molecular weight excluding hydrogens is 258 g/mol. The number of rotatable bonds is 3. The van der Waals surface area contributed by atoms with Crippen LogP contribution in [-0.4, -0.2) is 23.3 Å². The maximum atomic E-state index is 13.1. The maximum absolute atomic E-state index is 13.1. The summed E-state index contributed by atoms with van der Waals surface area (Å²) >= 11 is 4.89. The number of oxime groups is 1. The van der Waals surface area contributed by atoms with Crippen molar-refractivity contribution in [3.63, 3.8) is 0 Å². The highest BCUT2D eigenvalue weighted by molar-refractivity contribution is 7.80. The molecule has 0 amide bonds. The van der Waals surface area contributed by atoms with Crippen molar-refractivity contribution in [1.82, 2.24) is 5.32 Å². The first-order valence-electron chi connectivity index (χ1n) is 5.49. The lowest BCUT2D eigenvalue weighted by Gasteiger charge is -2.09. The van der Waals surface area contributed by atoms with E-state index < -0.39 is 11.6 Å². The van der Waals surface area contributed by atoms with Crippen molar-refractivity contribution in [2.45, 2.75) is 19.4 Å². The summed E-state index contributed by atoms with van der Waals surface area (Å²) in [6.45, 7) is 2.33. The zero-order chi connectivity index (χ0) is 13.1.